The number of nitrogens with two attached hydrogens (primary N) is 1. The Balaban J connectivity index is 1.69. The molecule has 1 aliphatic heterocycles. The molecule has 0 atom stereocenters. The van der Waals surface area contributed by atoms with Crippen LogP contribution in [0, 0.1) is 11.6 Å². The van der Waals surface area contributed by atoms with Gasteiger partial charge in [0.15, 0.2) is 22.5 Å². The molecule has 0 saturated carbocycles. The number of likely N-dealkylation sites (tertiary alicyclic amines) is 1. The first kappa shape index (κ1) is 16.8. The average Bonchev–Trinajstić information content (AvgIpc) is 2.92. The smallest absolute Gasteiger partial charge is 0.190 e. The maximum atomic E-state index is 13.2. The summed E-state index contributed by atoms with van der Waals surface area (Å²) in [6, 6.07) is 3.45. The lowest BCUT2D eigenvalue weighted by Crippen LogP contribution is -2.34. The van der Waals surface area contributed by atoms with Crippen LogP contribution in [0.25, 0.3) is 0 Å². The third kappa shape index (κ3) is 3.88. The number of aromatic nitrogens is 1. The van der Waals surface area contributed by atoms with Crippen molar-refractivity contribution in [2.24, 2.45) is 0 Å². The number of nitrogens with one attached hydrogen (secondary N) is 1. The minimum atomic E-state index is -0.953. The Bertz CT molecular complexity index is 744. The molecule has 0 radical (unpaired) electrons. The molecule has 24 heavy (non-hydrogen) atoms. The number of rotatable bonds is 5. The summed E-state index contributed by atoms with van der Waals surface area (Å²) >= 11 is 1.12. The molecule has 0 unspecified atom stereocenters. The van der Waals surface area contributed by atoms with E-state index in [1.54, 1.807) is 0 Å². The summed E-state index contributed by atoms with van der Waals surface area (Å²) in [5.74, 6) is -1.78. The van der Waals surface area contributed by atoms with Crippen LogP contribution in [-0.2, 0) is 0 Å². The number of halogens is 2. The van der Waals surface area contributed by atoms with Crippen LogP contribution in [0.2, 0.25) is 0 Å². The number of carbonyl (C=O) groups excluding carboxylic acids is 1. The van der Waals surface area contributed by atoms with Crippen molar-refractivity contribution in [1.29, 1.82) is 0 Å². The molecule has 1 fully saturated rings. The molecule has 0 spiro atoms. The van der Waals surface area contributed by atoms with Gasteiger partial charge in [0.2, 0.25) is 0 Å². The highest BCUT2D eigenvalue weighted by atomic mass is 32.1. The fourth-order valence-electron chi connectivity index (χ4n) is 2.67. The molecular formula is C16H18F2N4OS. The lowest BCUT2D eigenvalue weighted by atomic mass is 10.1. The second-order valence-electron chi connectivity index (χ2n) is 5.75. The number of nitrogens with zero attached hydrogens (tertiary/aromatic N) is 2. The Morgan fingerprint density at radius 3 is 2.71 bits per heavy atom. The van der Waals surface area contributed by atoms with Gasteiger partial charge in [0, 0.05) is 11.8 Å². The number of anilines is 3. The summed E-state index contributed by atoms with van der Waals surface area (Å²) in [5.41, 5.74) is 6.19. The number of nitrogen functional groups attached to an aromatic ring is 1. The molecule has 2 aromatic rings. The molecule has 0 amide bonds. The summed E-state index contributed by atoms with van der Waals surface area (Å²) < 4.78 is 26.2. The number of ketones is 1. The maximum Gasteiger partial charge on any atom is 0.190 e. The van der Waals surface area contributed by atoms with Crippen LogP contribution in [0.3, 0.4) is 0 Å². The van der Waals surface area contributed by atoms with E-state index >= 15 is 0 Å². The van der Waals surface area contributed by atoms with E-state index in [9.17, 15) is 13.6 Å². The highest BCUT2D eigenvalue weighted by molar-refractivity contribution is 7.18. The molecule has 1 aliphatic rings. The zero-order valence-electron chi connectivity index (χ0n) is 13.0. The number of carbonyl (C=O) groups is 1. The average molecular weight is 352 g/mol. The van der Waals surface area contributed by atoms with Gasteiger partial charge in [0.05, 0.1) is 6.54 Å². The predicted molar refractivity (Wildman–Crippen MR) is 90.8 cm³/mol. The standard InChI is InChI=1S/C16H18F2N4OS/c17-11-5-4-10(8-12(11)18)20-16-21-15(19)14(24-16)13(23)9-22-6-2-1-3-7-22/h4-5,8H,1-3,6-7,9,19H2,(H,20,21). The SMILES string of the molecule is Nc1nc(Nc2ccc(F)c(F)c2)sc1C(=O)CN1CCCCC1. The Morgan fingerprint density at radius 1 is 1.25 bits per heavy atom. The van der Waals surface area contributed by atoms with E-state index in [0.29, 0.717) is 22.2 Å². The minimum absolute atomic E-state index is 0.0646. The van der Waals surface area contributed by atoms with Crippen molar-refractivity contribution < 1.29 is 13.6 Å². The molecule has 0 aliphatic carbocycles. The summed E-state index contributed by atoms with van der Waals surface area (Å²) in [6.07, 6.45) is 3.42. The Hall–Kier alpha value is -2.06. The van der Waals surface area contributed by atoms with Gasteiger partial charge in [-0.15, -0.1) is 0 Å². The normalized spacial score (nSPS) is 15.4. The topological polar surface area (TPSA) is 71.2 Å². The van der Waals surface area contributed by atoms with Crippen LogP contribution in [0.15, 0.2) is 18.2 Å². The summed E-state index contributed by atoms with van der Waals surface area (Å²) in [4.78, 5) is 19.0. The van der Waals surface area contributed by atoms with Crippen LogP contribution in [-0.4, -0.2) is 35.3 Å². The molecule has 1 aromatic carbocycles. The molecular weight excluding hydrogens is 334 g/mol. The Kier molecular flexibility index (Phi) is 5.06. The van der Waals surface area contributed by atoms with Crippen molar-refractivity contribution in [3.05, 3.63) is 34.7 Å². The quantitative estimate of drug-likeness (QED) is 0.807. The van der Waals surface area contributed by atoms with Crippen molar-refractivity contribution in [2.45, 2.75) is 19.3 Å². The van der Waals surface area contributed by atoms with Crippen molar-refractivity contribution in [1.82, 2.24) is 9.88 Å². The number of thiazole rings is 1. The third-order valence-corrected chi connectivity index (χ3v) is 4.92. The molecule has 3 rings (SSSR count). The van der Waals surface area contributed by atoms with E-state index < -0.39 is 11.6 Å². The minimum Gasteiger partial charge on any atom is -0.382 e. The molecule has 1 saturated heterocycles. The van der Waals surface area contributed by atoms with E-state index in [0.717, 1.165) is 49.4 Å². The molecule has 1 aromatic heterocycles. The second kappa shape index (κ2) is 7.23. The maximum absolute atomic E-state index is 13.2. The van der Waals surface area contributed by atoms with Crippen LogP contribution >= 0.6 is 11.3 Å². The van der Waals surface area contributed by atoms with Gasteiger partial charge in [-0.3, -0.25) is 9.69 Å². The highest BCUT2D eigenvalue weighted by Crippen LogP contribution is 2.29. The van der Waals surface area contributed by atoms with Crippen LogP contribution in [0.5, 0.6) is 0 Å². The van der Waals surface area contributed by atoms with Gasteiger partial charge in [0.1, 0.15) is 10.7 Å². The number of Topliss-reactive ketones (excluding diaryl/α,β-unsaturated/α-hetero) is 1. The van der Waals surface area contributed by atoms with E-state index in [2.05, 4.69) is 15.2 Å². The van der Waals surface area contributed by atoms with Crippen LogP contribution in [0.1, 0.15) is 28.9 Å². The largest absolute Gasteiger partial charge is 0.382 e. The van der Waals surface area contributed by atoms with Gasteiger partial charge >= 0.3 is 0 Å². The number of piperidine rings is 1. The number of hydrogen-bond donors (Lipinski definition) is 2. The number of benzene rings is 1. The van der Waals surface area contributed by atoms with Gasteiger partial charge in [-0.05, 0) is 38.1 Å². The molecule has 0 bridgehead atoms. The molecule has 3 N–H and O–H groups in total. The zero-order valence-corrected chi connectivity index (χ0v) is 13.8. The fourth-order valence-corrected chi connectivity index (χ4v) is 3.51. The monoisotopic (exact) mass is 352 g/mol. The van der Waals surface area contributed by atoms with Crippen LogP contribution < -0.4 is 11.1 Å². The Labute approximate surface area is 142 Å². The summed E-state index contributed by atoms with van der Waals surface area (Å²) in [6.45, 7) is 2.17. The van der Waals surface area contributed by atoms with Crippen molar-refractivity contribution >= 4 is 33.8 Å². The van der Waals surface area contributed by atoms with E-state index in [1.807, 2.05) is 0 Å². The zero-order chi connectivity index (χ0) is 17.1. The first-order chi connectivity index (χ1) is 11.5. The fraction of sp³-hybridized carbons (Fsp3) is 0.375. The second-order valence-corrected chi connectivity index (χ2v) is 6.75. The lowest BCUT2D eigenvalue weighted by molar-refractivity contribution is 0.0920. The molecule has 128 valence electrons. The predicted octanol–water partition coefficient (Wildman–Crippen LogP) is 3.42. The van der Waals surface area contributed by atoms with Gasteiger partial charge in [-0.2, -0.15) is 0 Å². The molecule has 5 nitrogen and oxygen atoms in total. The number of hydrogen-bond acceptors (Lipinski definition) is 6. The lowest BCUT2D eigenvalue weighted by Gasteiger charge is -2.25. The first-order valence-corrected chi connectivity index (χ1v) is 8.58. The Morgan fingerprint density at radius 2 is 2.00 bits per heavy atom. The van der Waals surface area contributed by atoms with Gasteiger partial charge < -0.3 is 11.1 Å². The van der Waals surface area contributed by atoms with Gasteiger partial charge in [-0.25, -0.2) is 13.8 Å². The van der Waals surface area contributed by atoms with Crippen LogP contribution in [0.4, 0.5) is 25.4 Å². The van der Waals surface area contributed by atoms with E-state index in [-0.39, 0.29) is 11.6 Å². The van der Waals surface area contributed by atoms with E-state index in [4.69, 9.17) is 5.73 Å². The van der Waals surface area contributed by atoms with Crippen molar-refractivity contribution in [3.8, 4) is 0 Å². The first-order valence-electron chi connectivity index (χ1n) is 7.77. The van der Waals surface area contributed by atoms with Crippen molar-refractivity contribution in [3.63, 3.8) is 0 Å². The molecule has 8 heteroatoms. The summed E-state index contributed by atoms with van der Waals surface area (Å²) in [5, 5.41) is 3.22. The van der Waals surface area contributed by atoms with Gasteiger partial charge in [-0.1, -0.05) is 17.8 Å². The highest BCUT2D eigenvalue weighted by Gasteiger charge is 2.20. The van der Waals surface area contributed by atoms with Crippen molar-refractivity contribution in [2.75, 3.05) is 30.7 Å². The molecule has 2 heterocycles. The van der Waals surface area contributed by atoms with Gasteiger partial charge in [0.25, 0.3) is 0 Å². The summed E-state index contributed by atoms with van der Waals surface area (Å²) in [7, 11) is 0. The van der Waals surface area contributed by atoms with E-state index in [1.165, 1.54) is 12.5 Å². The third-order valence-electron chi connectivity index (χ3n) is 3.89.